The summed E-state index contributed by atoms with van der Waals surface area (Å²) in [7, 11) is 0. The minimum Gasteiger partial charge on any atom is -0.348 e. The maximum absolute atomic E-state index is 12.2. The molecule has 4 nitrogen and oxygen atoms in total. The van der Waals surface area contributed by atoms with E-state index in [1.165, 1.54) is 19.3 Å². The highest BCUT2D eigenvalue weighted by molar-refractivity contribution is 5.93. The van der Waals surface area contributed by atoms with Gasteiger partial charge in [0.15, 0.2) is 0 Å². The minimum absolute atomic E-state index is 0.0479. The van der Waals surface area contributed by atoms with Gasteiger partial charge in [0, 0.05) is 18.4 Å². The van der Waals surface area contributed by atoms with Gasteiger partial charge < -0.3 is 9.72 Å². The van der Waals surface area contributed by atoms with Gasteiger partial charge in [-0.05, 0) is 37.5 Å². The van der Waals surface area contributed by atoms with Gasteiger partial charge >= 0.3 is 0 Å². The molecule has 0 bridgehead atoms. The molecule has 2 aromatic rings. The number of aryl methyl sites for hydroxylation is 1. The molecule has 19 heavy (non-hydrogen) atoms. The molecule has 100 valence electrons. The Kier molecular flexibility index (Phi) is 3.23. The van der Waals surface area contributed by atoms with Gasteiger partial charge in [-0.25, -0.2) is 4.98 Å². The summed E-state index contributed by atoms with van der Waals surface area (Å²) >= 11 is 0. The Balaban J connectivity index is 1.77. The molecule has 0 saturated heterocycles. The van der Waals surface area contributed by atoms with Crippen LogP contribution in [0.25, 0.3) is 5.65 Å². The highest BCUT2D eigenvalue weighted by Crippen LogP contribution is 2.18. The first-order chi connectivity index (χ1) is 9.22. The summed E-state index contributed by atoms with van der Waals surface area (Å²) < 4.78 is 1.89. The van der Waals surface area contributed by atoms with Gasteiger partial charge in [-0.3, -0.25) is 4.79 Å². The summed E-state index contributed by atoms with van der Waals surface area (Å²) in [5, 5.41) is 3.10. The summed E-state index contributed by atoms with van der Waals surface area (Å²) in [4.78, 5) is 16.6. The predicted molar refractivity (Wildman–Crippen MR) is 74.3 cm³/mol. The van der Waals surface area contributed by atoms with Gasteiger partial charge in [-0.15, -0.1) is 0 Å². The fourth-order valence-electron chi connectivity index (χ4n) is 2.70. The molecule has 2 aromatic heterocycles. The molecular formula is C15H19N3O. The smallest absolute Gasteiger partial charge is 0.271 e. The number of nitrogens with zero attached hydrogens (tertiary/aromatic N) is 2. The van der Waals surface area contributed by atoms with E-state index in [0.29, 0.717) is 11.7 Å². The third-order valence-corrected chi connectivity index (χ3v) is 3.79. The van der Waals surface area contributed by atoms with Crippen molar-refractivity contribution < 1.29 is 4.79 Å². The number of pyridine rings is 1. The van der Waals surface area contributed by atoms with Gasteiger partial charge in [-0.1, -0.05) is 19.3 Å². The maximum Gasteiger partial charge on any atom is 0.271 e. The van der Waals surface area contributed by atoms with Gasteiger partial charge in [0.05, 0.1) is 0 Å². The summed E-state index contributed by atoms with van der Waals surface area (Å²) in [6.45, 7) is 2.02. The van der Waals surface area contributed by atoms with E-state index in [1.54, 1.807) is 6.20 Å². The fraction of sp³-hybridized carbons (Fsp3) is 0.467. The van der Waals surface area contributed by atoms with Crippen LogP contribution in [0.5, 0.6) is 0 Å². The zero-order valence-corrected chi connectivity index (χ0v) is 11.2. The van der Waals surface area contributed by atoms with Crippen molar-refractivity contribution in [3.05, 3.63) is 35.8 Å². The Morgan fingerprint density at radius 2 is 2.16 bits per heavy atom. The van der Waals surface area contributed by atoms with Crippen molar-refractivity contribution in [3.8, 4) is 0 Å². The van der Waals surface area contributed by atoms with Crippen molar-refractivity contribution >= 4 is 11.6 Å². The van der Waals surface area contributed by atoms with E-state index in [-0.39, 0.29) is 5.91 Å². The van der Waals surface area contributed by atoms with Crippen molar-refractivity contribution in [2.45, 2.75) is 45.1 Å². The van der Waals surface area contributed by atoms with Crippen LogP contribution in [0.2, 0.25) is 0 Å². The monoisotopic (exact) mass is 257 g/mol. The largest absolute Gasteiger partial charge is 0.348 e. The highest BCUT2D eigenvalue weighted by atomic mass is 16.2. The van der Waals surface area contributed by atoms with E-state index >= 15 is 0 Å². The van der Waals surface area contributed by atoms with Crippen LogP contribution in [0.4, 0.5) is 0 Å². The van der Waals surface area contributed by atoms with Crippen LogP contribution < -0.4 is 5.32 Å². The number of rotatable bonds is 2. The van der Waals surface area contributed by atoms with Crippen LogP contribution in [-0.4, -0.2) is 21.3 Å². The van der Waals surface area contributed by atoms with Crippen molar-refractivity contribution in [2.75, 3.05) is 0 Å². The Hall–Kier alpha value is -1.84. The molecule has 1 N–H and O–H groups in total. The van der Waals surface area contributed by atoms with Crippen LogP contribution in [-0.2, 0) is 0 Å². The number of aromatic nitrogens is 2. The Morgan fingerprint density at radius 1 is 1.37 bits per heavy atom. The number of nitrogens with one attached hydrogen (secondary N) is 1. The van der Waals surface area contributed by atoms with Crippen molar-refractivity contribution in [2.24, 2.45) is 0 Å². The quantitative estimate of drug-likeness (QED) is 0.899. The van der Waals surface area contributed by atoms with E-state index < -0.39 is 0 Å². The van der Waals surface area contributed by atoms with Gasteiger partial charge in [0.25, 0.3) is 5.91 Å². The van der Waals surface area contributed by atoms with Crippen LogP contribution >= 0.6 is 0 Å². The lowest BCUT2D eigenvalue weighted by Crippen LogP contribution is -2.36. The van der Waals surface area contributed by atoms with Crippen LogP contribution in [0.15, 0.2) is 24.5 Å². The Morgan fingerprint density at radius 3 is 2.95 bits per heavy atom. The van der Waals surface area contributed by atoms with E-state index in [9.17, 15) is 4.79 Å². The first kappa shape index (κ1) is 12.2. The number of hydrogen-bond acceptors (Lipinski definition) is 2. The van der Waals surface area contributed by atoms with E-state index in [2.05, 4.69) is 10.3 Å². The molecule has 0 aliphatic heterocycles. The second-order valence-corrected chi connectivity index (χ2v) is 5.40. The van der Waals surface area contributed by atoms with E-state index in [4.69, 9.17) is 0 Å². The molecule has 1 fully saturated rings. The topological polar surface area (TPSA) is 46.4 Å². The zero-order chi connectivity index (χ0) is 13.2. The lowest BCUT2D eigenvalue weighted by molar-refractivity contribution is 0.0923. The van der Waals surface area contributed by atoms with Gasteiger partial charge in [-0.2, -0.15) is 0 Å². The predicted octanol–water partition coefficient (Wildman–Crippen LogP) is 2.71. The lowest BCUT2D eigenvalue weighted by Gasteiger charge is -2.22. The fourth-order valence-corrected chi connectivity index (χ4v) is 2.70. The first-order valence-corrected chi connectivity index (χ1v) is 6.98. The summed E-state index contributed by atoms with van der Waals surface area (Å²) in [6.07, 6.45) is 9.66. The maximum atomic E-state index is 12.2. The van der Waals surface area contributed by atoms with Gasteiger partial charge in [0.1, 0.15) is 11.3 Å². The molecule has 1 saturated carbocycles. The molecule has 2 heterocycles. The SMILES string of the molecule is Cc1ccn2cc(C(=O)NC3CCCCC3)nc2c1. The molecule has 1 aliphatic carbocycles. The molecule has 4 heteroatoms. The molecule has 0 radical (unpaired) electrons. The molecular weight excluding hydrogens is 238 g/mol. The zero-order valence-electron chi connectivity index (χ0n) is 11.2. The number of hydrogen-bond donors (Lipinski definition) is 1. The number of fused-ring (bicyclic) bond motifs is 1. The minimum atomic E-state index is -0.0479. The number of carbonyl (C=O) groups excluding carboxylic acids is 1. The first-order valence-electron chi connectivity index (χ1n) is 6.98. The average molecular weight is 257 g/mol. The number of imidazole rings is 1. The molecule has 3 rings (SSSR count). The summed E-state index contributed by atoms with van der Waals surface area (Å²) in [5.41, 5.74) is 2.49. The second kappa shape index (κ2) is 5.03. The second-order valence-electron chi connectivity index (χ2n) is 5.40. The van der Waals surface area contributed by atoms with E-state index in [1.807, 2.05) is 29.7 Å². The Labute approximate surface area is 112 Å². The molecule has 0 atom stereocenters. The van der Waals surface area contributed by atoms with Crippen molar-refractivity contribution in [1.29, 1.82) is 0 Å². The highest BCUT2D eigenvalue weighted by Gasteiger charge is 2.18. The summed E-state index contributed by atoms with van der Waals surface area (Å²) in [5.74, 6) is -0.0479. The molecule has 0 spiro atoms. The summed E-state index contributed by atoms with van der Waals surface area (Å²) in [6, 6.07) is 4.32. The molecule has 1 amide bonds. The van der Waals surface area contributed by atoms with Gasteiger partial charge in [0.2, 0.25) is 0 Å². The standard InChI is InChI=1S/C15H19N3O/c1-11-7-8-18-10-13(17-14(18)9-11)15(19)16-12-5-3-2-4-6-12/h7-10,12H,2-6H2,1H3,(H,16,19). The van der Waals surface area contributed by atoms with Crippen LogP contribution in [0.1, 0.15) is 48.2 Å². The third-order valence-electron chi connectivity index (χ3n) is 3.79. The third kappa shape index (κ3) is 2.62. The van der Waals surface area contributed by atoms with E-state index in [0.717, 1.165) is 24.1 Å². The Bertz CT molecular complexity index is 596. The molecule has 1 aliphatic rings. The van der Waals surface area contributed by atoms with Crippen LogP contribution in [0, 0.1) is 6.92 Å². The number of carbonyl (C=O) groups is 1. The van der Waals surface area contributed by atoms with Crippen molar-refractivity contribution in [3.63, 3.8) is 0 Å². The van der Waals surface area contributed by atoms with Crippen LogP contribution in [0.3, 0.4) is 0 Å². The normalized spacial score (nSPS) is 16.7. The van der Waals surface area contributed by atoms with Crippen molar-refractivity contribution in [1.82, 2.24) is 14.7 Å². The average Bonchev–Trinajstić information content (AvgIpc) is 2.83. The molecule has 0 aromatic carbocycles. The lowest BCUT2D eigenvalue weighted by atomic mass is 9.95. The number of amides is 1. The molecule has 0 unspecified atom stereocenters.